The lowest BCUT2D eigenvalue weighted by molar-refractivity contribution is -0.138. The number of rotatable bonds is 7. The van der Waals surface area contributed by atoms with Gasteiger partial charge in [-0.05, 0) is 30.8 Å². The van der Waals surface area contributed by atoms with Gasteiger partial charge in [0.25, 0.3) is 11.5 Å². The molecule has 0 bridgehead atoms. The van der Waals surface area contributed by atoms with Gasteiger partial charge in [-0.1, -0.05) is 18.2 Å². The molecule has 0 fully saturated rings. The number of H-pyrrole nitrogens is 1. The standard InChI is InChI=1S/C18H20F3N3O3/c1-24(8-9-25)11-13-6-7-14(17(27)23-13)16(26)22-10-12-4-2-3-5-15(12)18(19,20)21/h2-7,25H,8-11H2,1H3,(H,22,26)(H,23,27). The Labute approximate surface area is 153 Å². The van der Waals surface area contributed by atoms with E-state index in [-0.39, 0.29) is 24.3 Å². The number of likely N-dealkylation sites (N-methyl/N-ethyl adjacent to an activating group) is 1. The number of benzene rings is 1. The zero-order chi connectivity index (χ0) is 20.0. The predicted molar refractivity (Wildman–Crippen MR) is 93.1 cm³/mol. The molecule has 3 N–H and O–H groups in total. The third kappa shape index (κ3) is 5.66. The van der Waals surface area contributed by atoms with E-state index in [9.17, 15) is 22.8 Å². The van der Waals surface area contributed by atoms with E-state index in [0.29, 0.717) is 18.8 Å². The number of aromatic amines is 1. The number of halogens is 3. The molecule has 0 saturated heterocycles. The SMILES string of the molecule is CN(CCO)Cc1ccc(C(=O)NCc2ccccc2C(F)(F)F)c(=O)[nH]1. The summed E-state index contributed by atoms with van der Waals surface area (Å²) >= 11 is 0. The number of hydrogen-bond acceptors (Lipinski definition) is 4. The van der Waals surface area contributed by atoms with Crippen LogP contribution in [0.15, 0.2) is 41.2 Å². The average Bonchev–Trinajstić information content (AvgIpc) is 2.59. The monoisotopic (exact) mass is 383 g/mol. The van der Waals surface area contributed by atoms with E-state index in [2.05, 4.69) is 10.3 Å². The van der Waals surface area contributed by atoms with Crippen molar-refractivity contribution in [2.75, 3.05) is 20.2 Å². The van der Waals surface area contributed by atoms with Crippen LogP contribution >= 0.6 is 0 Å². The Balaban J connectivity index is 2.08. The van der Waals surface area contributed by atoms with E-state index >= 15 is 0 Å². The second kappa shape index (κ2) is 8.83. The van der Waals surface area contributed by atoms with Crippen LogP contribution < -0.4 is 10.9 Å². The lowest BCUT2D eigenvalue weighted by atomic mass is 10.1. The van der Waals surface area contributed by atoms with Crippen LogP contribution in [-0.4, -0.2) is 41.1 Å². The highest BCUT2D eigenvalue weighted by Gasteiger charge is 2.32. The summed E-state index contributed by atoms with van der Waals surface area (Å²) in [5.74, 6) is -0.761. The molecule has 2 aromatic rings. The minimum atomic E-state index is -4.53. The minimum Gasteiger partial charge on any atom is -0.395 e. The Morgan fingerprint density at radius 1 is 1.22 bits per heavy atom. The Bertz CT molecular complexity index is 849. The summed E-state index contributed by atoms with van der Waals surface area (Å²) in [7, 11) is 1.76. The van der Waals surface area contributed by atoms with Gasteiger partial charge in [-0.25, -0.2) is 0 Å². The fourth-order valence-electron chi connectivity index (χ4n) is 2.55. The molecule has 0 radical (unpaired) electrons. The van der Waals surface area contributed by atoms with Crippen molar-refractivity contribution in [1.82, 2.24) is 15.2 Å². The second-order valence-electron chi connectivity index (χ2n) is 6.03. The molecule has 27 heavy (non-hydrogen) atoms. The smallest absolute Gasteiger partial charge is 0.395 e. The molecule has 6 nitrogen and oxygen atoms in total. The van der Waals surface area contributed by atoms with Crippen molar-refractivity contribution in [2.45, 2.75) is 19.3 Å². The van der Waals surface area contributed by atoms with Crippen molar-refractivity contribution in [3.8, 4) is 0 Å². The van der Waals surface area contributed by atoms with E-state index in [0.717, 1.165) is 6.07 Å². The Hall–Kier alpha value is -2.65. The van der Waals surface area contributed by atoms with E-state index in [1.165, 1.54) is 24.3 Å². The molecule has 0 unspecified atom stereocenters. The van der Waals surface area contributed by atoms with Crippen molar-refractivity contribution in [3.05, 3.63) is 69.1 Å². The van der Waals surface area contributed by atoms with Gasteiger partial charge < -0.3 is 15.4 Å². The van der Waals surface area contributed by atoms with Crippen LogP contribution in [0.2, 0.25) is 0 Å². The fraction of sp³-hybridized carbons (Fsp3) is 0.333. The van der Waals surface area contributed by atoms with Crippen LogP contribution in [0.4, 0.5) is 13.2 Å². The number of pyridine rings is 1. The van der Waals surface area contributed by atoms with Gasteiger partial charge in [0.1, 0.15) is 5.56 Å². The lowest BCUT2D eigenvalue weighted by Crippen LogP contribution is -2.31. The number of hydrogen-bond donors (Lipinski definition) is 3. The second-order valence-corrected chi connectivity index (χ2v) is 6.03. The summed E-state index contributed by atoms with van der Waals surface area (Å²) < 4.78 is 38.9. The molecular weight excluding hydrogens is 363 g/mol. The van der Waals surface area contributed by atoms with Crippen LogP contribution in [0.5, 0.6) is 0 Å². The average molecular weight is 383 g/mol. The van der Waals surface area contributed by atoms with Gasteiger partial charge in [-0.15, -0.1) is 0 Å². The zero-order valence-corrected chi connectivity index (χ0v) is 14.6. The molecule has 2 rings (SSSR count). The summed E-state index contributed by atoms with van der Waals surface area (Å²) in [6, 6.07) is 7.80. The molecule has 0 aliphatic heterocycles. The molecule has 0 aliphatic carbocycles. The van der Waals surface area contributed by atoms with Crippen molar-refractivity contribution in [3.63, 3.8) is 0 Å². The number of carbonyl (C=O) groups excluding carboxylic acids is 1. The quantitative estimate of drug-likeness (QED) is 0.680. The first-order chi connectivity index (χ1) is 12.7. The maximum Gasteiger partial charge on any atom is 0.416 e. The normalized spacial score (nSPS) is 11.6. The van der Waals surface area contributed by atoms with Crippen molar-refractivity contribution < 1.29 is 23.1 Å². The van der Waals surface area contributed by atoms with E-state index in [1.807, 2.05) is 0 Å². The number of nitrogens with zero attached hydrogens (tertiary/aromatic N) is 1. The summed E-state index contributed by atoms with van der Waals surface area (Å²) in [6.45, 7) is 0.412. The number of carbonyl (C=O) groups is 1. The number of aliphatic hydroxyl groups is 1. The third-order valence-corrected chi connectivity index (χ3v) is 3.90. The summed E-state index contributed by atoms with van der Waals surface area (Å²) in [5, 5.41) is 11.2. The van der Waals surface area contributed by atoms with Crippen LogP contribution in [0.1, 0.15) is 27.2 Å². The van der Waals surface area contributed by atoms with Crippen LogP contribution in [-0.2, 0) is 19.3 Å². The molecule has 1 aromatic heterocycles. The van der Waals surface area contributed by atoms with Gasteiger partial charge in [0, 0.05) is 25.3 Å². The predicted octanol–water partition coefficient (Wildman–Crippen LogP) is 1.75. The zero-order valence-electron chi connectivity index (χ0n) is 14.6. The van der Waals surface area contributed by atoms with Gasteiger partial charge in [-0.2, -0.15) is 13.2 Å². The molecule has 0 aliphatic rings. The van der Waals surface area contributed by atoms with Crippen molar-refractivity contribution in [2.24, 2.45) is 0 Å². The maximum absolute atomic E-state index is 13.0. The minimum absolute atomic E-state index is 0.0272. The summed E-state index contributed by atoms with van der Waals surface area (Å²) in [4.78, 5) is 28.6. The lowest BCUT2D eigenvalue weighted by Gasteiger charge is -2.15. The maximum atomic E-state index is 13.0. The highest BCUT2D eigenvalue weighted by Crippen LogP contribution is 2.31. The van der Waals surface area contributed by atoms with Crippen molar-refractivity contribution >= 4 is 5.91 Å². The van der Waals surface area contributed by atoms with Crippen LogP contribution in [0.25, 0.3) is 0 Å². The molecule has 1 heterocycles. The molecule has 1 amide bonds. The number of amides is 1. The number of nitrogens with one attached hydrogen (secondary N) is 2. The van der Waals surface area contributed by atoms with Gasteiger partial charge in [0.2, 0.25) is 0 Å². The molecule has 1 aromatic carbocycles. The molecule has 0 spiro atoms. The first kappa shape index (κ1) is 20.7. The fourth-order valence-corrected chi connectivity index (χ4v) is 2.55. The number of aliphatic hydroxyl groups excluding tert-OH is 1. The Kier molecular flexibility index (Phi) is 6.75. The number of aromatic nitrogens is 1. The van der Waals surface area contributed by atoms with E-state index in [4.69, 9.17) is 5.11 Å². The summed E-state index contributed by atoms with van der Waals surface area (Å²) in [6.07, 6.45) is -4.53. The molecule has 9 heteroatoms. The Morgan fingerprint density at radius 3 is 2.56 bits per heavy atom. The van der Waals surface area contributed by atoms with Gasteiger partial charge in [-0.3, -0.25) is 14.5 Å². The van der Waals surface area contributed by atoms with Crippen molar-refractivity contribution in [1.29, 1.82) is 0 Å². The first-order valence-electron chi connectivity index (χ1n) is 8.17. The van der Waals surface area contributed by atoms with E-state index in [1.54, 1.807) is 18.0 Å². The van der Waals surface area contributed by atoms with Gasteiger partial charge >= 0.3 is 6.18 Å². The molecule has 0 atom stereocenters. The molecule has 0 saturated carbocycles. The Morgan fingerprint density at radius 2 is 1.93 bits per heavy atom. The highest BCUT2D eigenvalue weighted by molar-refractivity contribution is 5.93. The van der Waals surface area contributed by atoms with E-state index < -0.39 is 23.2 Å². The highest BCUT2D eigenvalue weighted by atomic mass is 19.4. The van der Waals surface area contributed by atoms with Gasteiger partial charge in [0.05, 0.1) is 12.2 Å². The topological polar surface area (TPSA) is 85.4 Å². The molecular formula is C18H20F3N3O3. The van der Waals surface area contributed by atoms with Crippen LogP contribution in [0, 0.1) is 0 Å². The summed E-state index contributed by atoms with van der Waals surface area (Å²) in [5.41, 5.74) is -1.19. The molecule has 146 valence electrons. The third-order valence-electron chi connectivity index (χ3n) is 3.90. The van der Waals surface area contributed by atoms with Crippen LogP contribution in [0.3, 0.4) is 0 Å². The number of alkyl halides is 3. The largest absolute Gasteiger partial charge is 0.416 e. The first-order valence-corrected chi connectivity index (χ1v) is 8.17. The van der Waals surface area contributed by atoms with Gasteiger partial charge in [0.15, 0.2) is 0 Å².